The fourth-order valence-corrected chi connectivity index (χ4v) is 4.15. The lowest BCUT2D eigenvalue weighted by Crippen LogP contribution is -2.52. The summed E-state index contributed by atoms with van der Waals surface area (Å²) >= 11 is 0. The van der Waals surface area contributed by atoms with Gasteiger partial charge in [-0.3, -0.25) is 4.79 Å². The molecule has 0 radical (unpaired) electrons. The summed E-state index contributed by atoms with van der Waals surface area (Å²) in [6.07, 6.45) is 5.68. The number of carbonyl (C=O) groups is 1. The highest BCUT2D eigenvalue weighted by Gasteiger charge is 2.30. The zero-order chi connectivity index (χ0) is 22.8. The van der Waals surface area contributed by atoms with Crippen molar-refractivity contribution in [2.24, 2.45) is 0 Å². The molecule has 2 unspecified atom stereocenters. The van der Waals surface area contributed by atoms with E-state index in [1.165, 1.54) is 6.33 Å². The molecule has 32 heavy (non-hydrogen) atoms. The molecule has 3 aromatic heterocycles. The van der Waals surface area contributed by atoms with Crippen molar-refractivity contribution in [3.05, 3.63) is 24.5 Å². The molecule has 0 saturated carbocycles. The Morgan fingerprint density at radius 1 is 1.16 bits per heavy atom. The Balaban J connectivity index is 1.66. The second kappa shape index (κ2) is 9.15. The maximum Gasteiger partial charge on any atom is 0.245 e. The minimum Gasteiger partial charge on any atom is -0.372 e. The van der Waals surface area contributed by atoms with Gasteiger partial charge in [-0.15, -0.1) is 0 Å². The molecule has 1 aliphatic heterocycles. The number of amides is 1. The second-order valence-corrected chi connectivity index (χ2v) is 8.20. The van der Waals surface area contributed by atoms with Crippen LogP contribution in [0.2, 0.25) is 0 Å². The van der Waals surface area contributed by atoms with Crippen molar-refractivity contribution in [3.8, 4) is 11.4 Å². The zero-order valence-corrected chi connectivity index (χ0v) is 19.2. The summed E-state index contributed by atoms with van der Waals surface area (Å²) in [5, 5.41) is 3.33. The van der Waals surface area contributed by atoms with Crippen LogP contribution in [0.4, 0.5) is 5.82 Å². The number of anilines is 1. The number of nitrogens with zero attached hydrogens (tertiary/aromatic N) is 7. The van der Waals surface area contributed by atoms with E-state index < -0.39 is 6.04 Å². The molecule has 0 bridgehead atoms. The molecule has 170 valence electrons. The number of morpholine rings is 1. The molecule has 10 heteroatoms. The predicted octanol–water partition coefficient (Wildman–Crippen LogP) is 2.44. The van der Waals surface area contributed by atoms with Crippen LogP contribution in [0.1, 0.15) is 39.9 Å². The van der Waals surface area contributed by atoms with Gasteiger partial charge in [-0.05, 0) is 34.1 Å². The van der Waals surface area contributed by atoms with Gasteiger partial charge in [0, 0.05) is 32.0 Å². The fourth-order valence-electron chi connectivity index (χ4n) is 4.15. The van der Waals surface area contributed by atoms with Gasteiger partial charge in [0.15, 0.2) is 17.0 Å². The third kappa shape index (κ3) is 4.27. The van der Waals surface area contributed by atoms with E-state index >= 15 is 0 Å². The van der Waals surface area contributed by atoms with Crippen LogP contribution in [0.5, 0.6) is 0 Å². The summed E-state index contributed by atoms with van der Waals surface area (Å²) in [6, 6.07) is -0.413. The van der Waals surface area contributed by atoms with E-state index in [2.05, 4.69) is 25.3 Å². The van der Waals surface area contributed by atoms with Crippen molar-refractivity contribution >= 4 is 22.9 Å². The average molecular weight is 439 g/mol. The smallest absolute Gasteiger partial charge is 0.245 e. The highest BCUT2D eigenvalue weighted by molar-refractivity contribution is 5.90. The number of hydrogen-bond donors (Lipinski definition) is 1. The summed E-state index contributed by atoms with van der Waals surface area (Å²) in [5.41, 5.74) is 2.14. The third-order valence-corrected chi connectivity index (χ3v) is 5.64. The summed E-state index contributed by atoms with van der Waals surface area (Å²) in [7, 11) is 0. The third-order valence-electron chi connectivity index (χ3n) is 5.64. The van der Waals surface area contributed by atoms with Gasteiger partial charge in [0.1, 0.15) is 24.0 Å². The molecule has 3 atom stereocenters. The van der Waals surface area contributed by atoms with Crippen LogP contribution in [0.25, 0.3) is 22.6 Å². The molecule has 0 aliphatic carbocycles. The molecule has 4 heterocycles. The normalized spacial score (nSPS) is 19.8. The number of imidazole rings is 1. The van der Waals surface area contributed by atoms with Gasteiger partial charge in [0.25, 0.3) is 0 Å². The van der Waals surface area contributed by atoms with Crippen molar-refractivity contribution in [3.63, 3.8) is 0 Å². The first kappa shape index (κ1) is 22.1. The summed E-state index contributed by atoms with van der Waals surface area (Å²) < 4.78 is 7.78. The lowest BCUT2D eigenvalue weighted by atomic mass is 10.1. The Morgan fingerprint density at radius 2 is 1.84 bits per heavy atom. The molecule has 10 nitrogen and oxygen atoms in total. The molecule has 4 rings (SSSR count). The molecule has 1 saturated heterocycles. The highest BCUT2D eigenvalue weighted by atomic mass is 16.5. The van der Waals surface area contributed by atoms with Crippen LogP contribution in [0.15, 0.2) is 18.7 Å². The lowest BCUT2D eigenvalue weighted by Gasteiger charge is -2.37. The van der Waals surface area contributed by atoms with Crippen molar-refractivity contribution in [1.82, 2.24) is 34.4 Å². The highest BCUT2D eigenvalue weighted by Crippen LogP contribution is 2.27. The number of hydrogen-bond acceptors (Lipinski definition) is 8. The minimum absolute atomic E-state index is 0.0190. The number of carbonyl (C=O) groups excluding carboxylic acids is 1. The van der Waals surface area contributed by atoms with Gasteiger partial charge in [0.2, 0.25) is 5.91 Å². The quantitative estimate of drug-likeness (QED) is 0.625. The maximum atomic E-state index is 13.3. The van der Waals surface area contributed by atoms with E-state index in [0.29, 0.717) is 48.9 Å². The van der Waals surface area contributed by atoms with Crippen molar-refractivity contribution in [2.45, 2.75) is 65.8 Å². The van der Waals surface area contributed by atoms with E-state index in [0.717, 1.165) is 11.4 Å². The number of aryl methyl sites for hydroxylation is 2. The first-order chi connectivity index (χ1) is 15.4. The molecule has 1 N–H and O–H groups in total. The van der Waals surface area contributed by atoms with Crippen LogP contribution in [-0.2, 0) is 16.1 Å². The molecular weight excluding hydrogens is 408 g/mol. The standard InChI is InChI=1S/C22H30N8O2/c1-6-17(22(31)29-10-13(3)32-14(4)11-29)27-19-18-21(26-12-25-19)30(7-2)20(28-18)16-8-23-15(5)24-9-16/h8-9,12-14,17H,6-7,10-11H2,1-5H3,(H,25,26,27)/t13?,14?,17-/m0/s1. The Kier molecular flexibility index (Phi) is 6.31. The van der Waals surface area contributed by atoms with Crippen LogP contribution in [0, 0.1) is 6.92 Å². The fraction of sp³-hybridized carbons (Fsp3) is 0.545. The average Bonchev–Trinajstić information content (AvgIpc) is 3.16. The molecule has 1 aliphatic rings. The van der Waals surface area contributed by atoms with Gasteiger partial charge in [0.05, 0.1) is 17.8 Å². The number of aromatic nitrogens is 6. The van der Waals surface area contributed by atoms with Crippen molar-refractivity contribution in [1.29, 1.82) is 0 Å². The van der Waals surface area contributed by atoms with Gasteiger partial charge in [-0.2, -0.15) is 0 Å². The monoisotopic (exact) mass is 438 g/mol. The van der Waals surface area contributed by atoms with Crippen LogP contribution >= 0.6 is 0 Å². The Morgan fingerprint density at radius 3 is 2.47 bits per heavy atom. The summed E-state index contributed by atoms with van der Waals surface area (Å²) in [5.74, 6) is 2.02. The number of nitrogens with one attached hydrogen (secondary N) is 1. The first-order valence-corrected chi connectivity index (χ1v) is 11.1. The number of ether oxygens (including phenoxy) is 1. The van der Waals surface area contributed by atoms with Crippen molar-refractivity contribution in [2.75, 3.05) is 18.4 Å². The summed E-state index contributed by atoms with van der Waals surface area (Å²) in [4.78, 5) is 37.4. The zero-order valence-electron chi connectivity index (χ0n) is 19.2. The molecule has 0 spiro atoms. The van der Waals surface area contributed by atoms with E-state index in [4.69, 9.17) is 9.72 Å². The number of fused-ring (bicyclic) bond motifs is 1. The van der Waals surface area contributed by atoms with E-state index in [-0.39, 0.29) is 18.1 Å². The largest absolute Gasteiger partial charge is 0.372 e. The first-order valence-electron chi connectivity index (χ1n) is 11.1. The Hall–Kier alpha value is -3.14. The number of rotatable bonds is 6. The van der Waals surface area contributed by atoms with E-state index in [1.54, 1.807) is 12.4 Å². The lowest BCUT2D eigenvalue weighted by molar-refractivity contribution is -0.144. The van der Waals surface area contributed by atoms with Crippen LogP contribution in [-0.4, -0.2) is 71.6 Å². The second-order valence-electron chi connectivity index (χ2n) is 8.20. The van der Waals surface area contributed by atoms with Gasteiger partial charge >= 0.3 is 0 Å². The van der Waals surface area contributed by atoms with Gasteiger partial charge in [-0.25, -0.2) is 24.9 Å². The predicted molar refractivity (Wildman–Crippen MR) is 121 cm³/mol. The molecule has 3 aromatic rings. The van der Waals surface area contributed by atoms with Crippen LogP contribution < -0.4 is 5.32 Å². The minimum atomic E-state index is -0.413. The van der Waals surface area contributed by atoms with Crippen molar-refractivity contribution < 1.29 is 9.53 Å². The molecular formula is C22H30N8O2. The Labute approximate surface area is 187 Å². The molecule has 0 aromatic carbocycles. The molecule has 1 fully saturated rings. The van der Waals surface area contributed by atoms with Gasteiger partial charge in [-0.1, -0.05) is 6.92 Å². The molecule has 1 amide bonds. The summed E-state index contributed by atoms with van der Waals surface area (Å²) in [6.45, 7) is 11.7. The SMILES string of the molecule is CC[C@H](Nc1ncnc2c1nc(-c1cnc(C)nc1)n2CC)C(=O)N1CC(C)OC(C)C1. The van der Waals surface area contributed by atoms with E-state index in [9.17, 15) is 4.79 Å². The topological polar surface area (TPSA) is 111 Å². The maximum absolute atomic E-state index is 13.3. The van der Waals surface area contributed by atoms with Crippen LogP contribution in [0.3, 0.4) is 0 Å². The Bertz CT molecular complexity index is 1090. The van der Waals surface area contributed by atoms with E-state index in [1.807, 2.05) is 44.1 Å². The van der Waals surface area contributed by atoms with Gasteiger partial charge < -0.3 is 19.5 Å².